The van der Waals surface area contributed by atoms with Gasteiger partial charge in [-0.3, -0.25) is 4.84 Å². The van der Waals surface area contributed by atoms with Gasteiger partial charge in [-0.25, -0.2) is 8.42 Å². The summed E-state index contributed by atoms with van der Waals surface area (Å²) in [5.74, 6) is 1.30. The molecule has 2 aliphatic carbocycles. The second kappa shape index (κ2) is 2.45. The molecular formula is C12H19NO3S. The molecule has 1 spiro atoms. The number of hydrogen-bond acceptors (Lipinski definition) is 3. The van der Waals surface area contributed by atoms with Crippen molar-refractivity contribution in [1.29, 1.82) is 0 Å². The van der Waals surface area contributed by atoms with E-state index in [1.807, 2.05) is 0 Å². The minimum atomic E-state index is -3.15. The van der Waals surface area contributed by atoms with Gasteiger partial charge in [0.1, 0.15) is 0 Å². The van der Waals surface area contributed by atoms with Crippen LogP contribution in [0.3, 0.4) is 0 Å². The van der Waals surface area contributed by atoms with E-state index in [9.17, 15) is 8.42 Å². The minimum absolute atomic E-state index is 0.0111. The molecule has 96 valence electrons. The largest absolute Gasteiger partial charge is 0.255 e. The fourth-order valence-corrected chi connectivity index (χ4v) is 6.89. The molecule has 2 saturated carbocycles. The van der Waals surface area contributed by atoms with Crippen molar-refractivity contribution in [3.63, 3.8) is 0 Å². The van der Waals surface area contributed by atoms with Crippen LogP contribution in [0.1, 0.15) is 40.0 Å². The molecule has 4 nitrogen and oxygen atoms in total. The molecule has 0 aromatic carbocycles. The summed E-state index contributed by atoms with van der Waals surface area (Å²) in [6.45, 7) is 6.82. The van der Waals surface area contributed by atoms with Crippen LogP contribution in [0.5, 0.6) is 0 Å². The van der Waals surface area contributed by atoms with Crippen LogP contribution < -0.4 is 0 Å². The van der Waals surface area contributed by atoms with Gasteiger partial charge in [-0.2, -0.15) is 0 Å². The Morgan fingerprint density at radius 2 is 1.88 bits per heavy atom. The smallest absolute Gasteiger partial charge is 0.238 e. The Kier molecular flexibility index (Phi) is 1.55. The molecule has 2 heterocycles. The highest BCUT2D eigenvalue weighted by atomic mass is 32.2. The van der Waals surface area contributed by atoms with E-state index in [0.717, 1.165) is 12.8 Å². The molecule has 0 aromatic rings. The van der Waals surface area contributed by atoms with Crippen molar-refractivity contribution >= 4 is 10.0 Å². The first kappa shape index (κ1) is 10.8. The van der Waals surface area contributed by atoms with Crippen LogP contribution in [0.4, 0.5) is 0 Å². The molecule has 5 atom stereocenters. The van der Waals surface area contributed by atoms with Crippen molar-refractivity contribution in [3.8, 4) is 0 Å². The molecule has 4 aliphatic rings. The van der Waals surface area contributed by atoms with Crippen molar-refractivity contribution in [2.24, 2.45) is 22.7 Å². The topological polar surface area (TPSA) is 49.7 Å². The summed E-state index contributed by atoms with van der Waals surface area (Å²) in [6, 6.07) is 0. The lowest BCUT2D eigenvalue weighted by Gasteiger charge is -2.38. The lowest BCUT2D eigenvalue weighted by molar-refractivity contribution is 0.0523. The maximum atomic E-state index is 12.0. The summed E-state index contributed by atoms with van der Waals surface area (Å²) in [5, 5.41) is 0. The molecule has 0 radical (unpaired) electrons. The number of sulfonamides is 1. The minimum Gasteiger partial charge on any atom is -0.255 e. The van der Waals surface area contributed by atoms with E-state index in [0.29, 0.717) is 11.8 Å². The van der Waals surface area contributed by atoms with Gasteiger partial charge in [-0.1, -0.05) is 20.8 Å². The SMILES string of the molecule is CC1(C)[C@@H]2CC[C@@]1(C)[C@@]13ON1S(=O)(=O)CC[C@@H]23. The van der Waals surface area contributed by atoms with Crippen LogP contribution >= 0.6 is 0 Å². The fraction of sp³-hybridized carbons (Fsp3) is 1.00. The molecule has 0 aromatic heterocycles. The van der Waals surface area contributed by atoms with Crippen LogP contribution in [-0.2, 0) is 14.9 Å². The van der Waals surface area contributed by atoms with Gasteiger partial charge in [-0.15, -0.1) is 0 Å². The maximum Gasteiger partial charge on any atom is 0.238 e. The van der Waals surface area contributed by atoms with Gasteiger partial charge in [0.2, 0.25) is 10.0 Å². The van der Waals surface area contributed by atoms with Crippen molar-refractivity contribution in [1.82, 2.24) is 4.47 Å². The maximum absolute atomic E-state index is 12.0. The third-order valence-corrected chi connectivity index (χ3v) is 8.09. The Bertz CT molecular complexity index is 514. The number of nitrogens with zero attached hydrogens (tertiary/aromatic N) is 1. The highest BCUT2D eigenvalue weighted by molar-refractivity contribution is 7.89. The average molecular weight is 257 g/mol. The number of hydrogen-bond donors (Lipinski definition) is 0. The second-order valence-electron chi connectivity index (χ2n) is 6.93. The Morgan fingerprint density at radius 3 is 2.59 bits per heavy atom. The third-order valence-electron chi connectivity index (χ3n) is 6.48. The Balaban J connectivity index is 1.92. The summed E-state index contributed by atoms with van der Waals surface area (Å²) >= 11 is 0. The van der Waals surface area contributed by atoms with Crippen LogP contribution in [-0.4, -0.2) is 24.4 Å². The van der Waals surface area contributed by atoms with Gasteiger partial charge in [0.25, 0.3) is 0 Å². The number of hydroxylamine groups is 1. The quantitative estimate of drug-likeness (QED) is 0.621. The summed E-state index contributed by atoms with van der Waals surface area (Å²) in [6.07, 6.45) is 3.10. The highest BCUT2D eigenvalue weighted by Gasteiger charge is 2.87. The molecule has 17 heavy (non-hydrogen) atoms. The predicted octanol–water partition coefficient (Wildman–Crippen LogP) is 1.74. The predicted molar refractivity (Wildman–Crippen MR) is 62.2 cm³/mol. The van der Waals surface area contributed by atoms with E-state index in [-0.39, 0.29) is 16.6 Å². The van der Waals surface area contributed by atoms with E-state index in [1.165, 1.54) is 10.9 Å². The Morgan fingerprint density at radius 1 is 1.18 bits per heavy atom. The van der Waals surface area contributed by atoms with Gasteiger partial charge < -0.3 is 0 Å². The monoisotopic (exact) mass is 257 g/mol. The summed E-state index contributed by atoms with van der Waals surface area (Å²) in [5.41, 5.74) is -0.300. The van der Waals surface area contributed by atoms with Crippen molar-refractivity contribution in [2.45, 2.75) is 45.8 Å². The van der Waals surface area contributed by atoms with Gasteiger partial charge in [0, 0.05) is 11.3 Å². The number of rotatable bonds is 0. The standard InChI is InChI=1S/C12H19NO3S/c1-10(2)8-4-6-11(10,3)12-9(8)5-7-17(14,15)13(12)16-12/h8-9H,4-7H2,1-3H3/t8-,9+,11-,12-,13?/m1/s1. The van der Waals surface area contributed by atoms with Crippen LogP contribution in [0.25, 0.3) is 0 Å². The fourth-order valence-electron chi connectivity index (χ4n) is 5.19. The summed E-state index contributed by atoms with van der Waals surface area (Å²) in [7, 11) is -3.15. The van der Waals surface area contributed by atoms with E-state index in [1.54, 1.807) is 0 Å². The average Bonchev–Trinajstić information content (AvgIpc) is 2.90. The lowest BCUT2D eigenvalue weighted by Crippen LogP contribution is -2.48. The molecule has 2 aliphatic heterocycles. The van der Waals surface area contributed by atoms with E-state index in [2.05, 4.69) is 20.8 Å². The lowest BCUT2D eigenvalue weighted by atomic mass is 9.68. The molecule has 5 heteroatoms. The molecule has 2 bridgehead atoms. The van der Waals surface area contributed by atoms with E-state index in [4.69, 9.17) is 4.84 Å². The Labute approximate surface area is 102 Å². The zero-order valence-corrected chi connectivity index (χ0v) is 11.4. The molecule has 0 N–H and O–H groups in total. The summed E-state index contributed by atoms with van der Waals surface area (Å²) in [4.78, 5) is 5.72. The van der Waals surface area contributed by atoms with Crippen molar-refractivity contribution in [3.05, 3.63) is 0 Å². The first-order chi connectivity index (χ1) is 7.77. The van der Waals surface area contributed by atoms with E-state index >= 15 is 0 Å². The molecular weight excluding hydrogens is 238 g/mol. The van der Waals surface area contributed by atoms with Crippen molar-refractivity contribution < 1.29 is 13.3 Å². The van der Waals surface area contributed by atoms with Gasteiger partial charge in [0.15, 0.2) is 5.72 Å². The van der Waals surface area contributed by atoms with Crippen LogP contribution in [0.2, 0.25) is 0 Å². The zero-order valence-electron chi connectivity index (χ0n) is 10.6. The Hall–Kier alpha value is -0.130. The first-order valence-electron chi connectivity index (χ1n) is 6.50. The van der Waals surface area contributed by atoms with Gasteiger partial charge in [0.05, 0.1) is 5.75 Å². The molecule has 2 saturated heterocycles. The van der Waals surface area contributed by atoms with Crippen LogP contribution in [0.15, 0.2) is 0 Å². The van der Waals surface area contributed by atoms with Gasteiger partial charge >= 0.3 is 0 Å². The molecule has 4 fully saturated rings. The van der Waals surface area contributed by atoms with E-state index < -0.39 is 15.7 Å². The van der Waals surface area contributed by atoms with Crippen LogP contribution in [0, 0.1) is 22.7 Å². The third kappa shape index (κ3) is 0.824. The summed E-state index contributed by atoms with van der Waals surface area (Å²) < 4.78 is 25.3. The molecule has 0 amide bonds. The highest BCUT2D eigenvalue weighted by Crippen LogP contribution is 2.80. The first-order valence-corrected chi connectivity index (χ1v) is 8.10. The normalized spacial score (nSPS) is 60.8. The van der Waals surface area contributed by atoms with Gasteiger partial charge in [-0.05, 0) is 35.1 Å². The molecule has 4 rings (SSSR count). The molecule has 1 unspecified atom stereocenters. The number of fused-ring (bicyclic) bond motifs is 3. The zero-order chi connectivity index (χ0) is 12.3. The van der Waals surface area contributed by atoms with Crippen molar-refractivity contribution in [2.75, 3.05) is 5.75 Å². The second-order valence-corrected chi connectivity index (χ2v) is 8.83.